The maximum atomic E-state index is 12.1. The van der Waals surface area contributed by atoms with Crippen molar-refractivity contribution < 1.29 is 4.79 Å². The van der Waals surface area contributed by atoms with Crippen LogP contribution in [0.1, 0.15) is 44.6 Å². The highest BCUT2D eigenvalue weighted by atomic mass is 32.2. The van der Waals surface area contributed by atoms with E-state index in [1.165, 1.54) is 24.8 Å². The number of benzene rings is 1. The van der Waals surface area contributed by atoms with E-state index >= 15 is 0 Å². The molecule has 0 bridgehead atoms. The lowest BCUT2D eigenvalue weighted by Gasteiger charge is -2.24. The largest absolute Gasteiger partial charge is 0.352 e. The first-order chi connectivity index (χ1) is 9.25. The number of carbonyl (C=O) groups is 1. The molecule has 1 aliphatic carbocycles. The standard InChI is InChI=1S/C16H23NOS/c1-13(19-12-14-8-4-2-5-9-14)16(18)17-15-10-6-3-7-11-15/h2,4-5,8-9,13,15H,3,6-7,10-12H2,1H3,(H,17,18)/t13-/m0/s1. The fourth-order valence-corrected chi connectivity index (χ4v) is 3.29. The fraction of sp³-hybridized carbons (Fsp3) is 0.562. The molecule has 0 unspecified atom stereocenters. The second-order valence-electron chi connectivity index (χ2n) is 5.28. The molecule has 0 radical (unpaired) electrons. The zero-order valence-corrected chi connectivity index (χ0v) is 12.4. The van der Waals surface area contributed by atoms with Gasteiger partial charge in [-0.25, -0.2) is 0 Å². The predicted octanol–water partition coefficient (Wildman–Crippen LogP) is 3.76. The zero-order valence-electron chi connectivity index (χ0n) is 11.6. The SMILES string of the molecule is C[C@H](SCc1ccccc1)C(=O)NC1CCCCC1. The van der Waals surface area contributed by atoms with E-state index in [4.69, 9.17) is 0 Å². The third kappa shape index (κ3) is 4.90. The van der Waals surface area contributed by atoms with E-state index in [0.29, 0.717) is 6.04 Å². The van der Waals surface area contributed by atoms with Gasteiger partial charge in [0.1, 0.15) is 0 Å². The Labute approximate surface area is 120 Å². The molecule has 0 spiro atoms. The Morgan fingerprint density at radius 2 is 1.95 bits per heavy atom. The molecule has 3 heteroatoms. The summed E-state index contributed by atoms with van der Waals surface area (Å²) in [4.78, 5) is 12.1. The molecule has 0 aromatic heterocycles. The minimum Gasteiger partial charge on any atom is -0.352 e. The molecular weight excluding hydrogens is 254 g/mol. The minimum atomic E-state index is 0.0298. The van der Waals surface area contributed by atoms with E-state index in [9.17, 15) is 4.79 Å². The van der Waals surface area contributed by atoms with Gasteiger partial charge >= 0.3 is 0 Å². The van der Waals surface area contributed by atoms with Crippen molar-refractivity contribution in [3.05, 3.63) is 35.9 Å². The Bertz CT molecular complexity index is 387. The summed E-state index contributed by atoms with van der Waals surface area (Å²) in [5.41, 5.74) is 1.28. The number of nitrogens with one attached hydrogen (secondary N) is 1. The fourth-order valence-electron chi connectivity index (χ4n) is 2.44. The van der Waals surface area contributed by atoms with Gasteiger partial charge in [-0.05, 0) is 25.3 Å². The van der Waals surface area contributed by atoms with E-state index in [0.717, 1.165) is 18.6 Å². The summed E-state index contributed by atoms with van der Waals surface area (Å²) in [5, 5.41) is 3.22. The summed E-state index contributed by atoms with van der Waals surface area (Å²) in [6.45, 7) is 2.01. The Morgan fingerprint density at radius 3 is 2.63 bits per heavy atom. The van der Waals surface area contributed by atoms with E-state index < -0.39 is 0 Å². The molecule has 1 aromatic rings. The Hall–Kier alpha value is -0.960. The van der Waals surface area contributed by atoms with Gasteiger partial charge in [0, 0.05) is 11.8 Å². The Morgan fingerprint density at radius 1 is 1.26 bits per heavy atom. The lowest BCUT2D eigenvalue weighted by atomic mass is 9.95. The molecular formula is C16H23NOS. The van der Waals surface area contributed by atoms with Gasteiger partial charge in [0.05, 0.1) is 5.25 Å². The molecule has 104 valence electrons. The van der Waals surface area contributed by atoms with E-state index in [2.05, 4.69) is 17.4 Å². The summed E-state index contributed by atoms with van der Waals surface area (Å²) in [6.07, 6.45) is 6.15. The first-order valence-corrected chi connectivity index (χ1v) is 8.26. The molecule has 1 saturated carbocycles. The maximum absolute atomic E-state index is 12.1. The van der Waals surface area contributed by atoms with Crippen LogP contribution in [0.25, 0.3) is 0 Å². The van der Waals surface area contributed by atoms with Crippen molar-refractivity contribution in [2.75, 3.05) is 0 Å². The van der Waals surface area contributed by atoms with Crippen molar-refractivity contribution >= 4 is 17.7 Å². The summed E-state index contributed by atoms with van der Waals surface area (Å²) in [7, 11) is 0. The summed E-state index contributed by atoms with van der Waals surface area (Å²) in [6, 6.07) is 10.7. The van der Waals surface area contributed by atoms with Gasteiger partial charge in [-0.1, -0.05) is 49.6 Å². The van der Waals surface area contributed by atoms with Gasteiger partial charge in [0.2, 0.25) is 5.91 Å². The number of carbonyl (C=O) groups excluding carboxylic acids is 1. The van der Waals surface area contributed by atoms with E-state index in [1.807, 2.05) is 25.1 Å². The average molecular weight is 277 g/mol. The van der Waals surface area contributed by atoms with Crippen LogP contribution >= 0.6 is 11.8 Å². The average Bonchev–Trinajstić information content (AvgIpc) is 2.47. The van der Waals surface area contributed by atoms with Crippen LogP contribution in [0.3, 0.4) is 0 Å². The zero-order chi connectivity index (χ0) is 13.5. The monoisotopic (exact) mass is 277 g/mol. The number of amides is 1. The van der Waals surface area contributed by atoms with Crippen LogP contribution in [0.5, 0.6) is 0 Å². The molecule has 1 aromatic carbocycles. The summed E-state index contributed by atoms with van der Waals surface area (Å²) in [5.74, 6) is 1.10. The van der Waals surface area contributed by atoms with Crippen LogP contribution in [-0.4, -0.2) is 17.2 Å². The Balaban J connectivity index is 1.72. The molecule has 19 heavy (non-hydrogen) atoms. The molecule has 2 rings (SSSR count). The van der Waals surface area contributed by atoms with Gasteiger partial charge in [-0.15, -0.1) is 11.8 Å². The minimum absolute atomic E-state index is 0.0298. The van der Waals surface area contributed by atoms with Crippen molar-refractivity contribution in [1.82, 2.24) is 5.32 Å². The number of hydrogen-bond acceptors (Lipinski definition) is 2. The number of thioether (sulfide) groups is 1. The van der Waals surface area contributed by atoms with Crippen LogP contribution in [0, 0.1) is 0 Å². The number of hydrogen-bond donors (Lipinski definition) is 1. The van der Waals surface area contributed by atoms with Gasteiger partial charge in [-0.3, -0.25) is 4.79 Å². The summed E-state index contributed by atoms with van der Waals surface area (Å²) >= 11 is 1.71. The van der Waals surface area contributed by atoms with Crippen LogP contribution in [0.15, 0.2) is 30.3 Å². The highest BCUT2D eigenvalue weighted by Gasteiger charge is 2.19. The third-order valence-electron chi connectivity index (χ3n) is 3.66. The molecule has 1 amide bonds. The highest BCUT2D eigenvalue weighted by molar-refractivity contribution is 7.99. The van der Waals surface area contributed by atoms with Gasteiger partial charge in [0.25, 0.3) is 0 Å². The third-order valence-corrected chi connectivity index (χ3v) is 4.88. The maximum Gasteiger partial charge on any atom is 0.233 e. The van der Waals surface area contributed by atoms with Gasteiger partial charge in [-0.2, -0.15) is 0 Å². The molecule has 1 N–H and O–H groups in total. The van der Waals surface area contributed by atoms with Crippen LogP contribution < -0.4 is 5.32 Å². The molecule has 2 nitrogen and oxygen atoms in total. The molecule has 1 aliphatic rings. The lowest BCUT2D eigenvalue weighted by Crippen LogP contribution is -2.40. The predicted molar refractivity (Wildman–Crippen MR) is 82.2 cm³/mol. The molecule has 0 heterocycles. The lowest BCUT2D eigenvalue weighted by molar-refractivity contribution is -0.121. The number of rotatable bonds is 5. The van der Waals surface area contributed by atoms with Crippen LogP contribution in [0.4, 0.5) is 0 Å². The van der Waals surface area contributed by atoms with Crippen molar-refractivity contribution in [2.24, 2.45) is 0 Å². The molecule has 0 aliphatic heterocycles. The first kappa shape index (κ1) is 14.4. The van der Waals surface area contributed by atoms with Gasteiger partial charge in [0.15, 0.2) is 0 Å². The Kier molecular flexibility index (Phi) is 5.77. The molecule has 0 saturated heterocycles. The normalized spacial score (nSPS) is 17.9. The second-order valence-corrected chi connectivity index (χ2v) is 6.61. The van der Waals surface area contributed by atoms with E-state index in [-0.39, 0.29) is 11.2 Å². The topological polar surface area (TPSA) is 29.1 Å². The van der Waals surface area contributed by atoms with Gasteiger partial charge < -0.3 is 5.32 Å². The molecule has 1 atom stereocenters. The van der Waals surface area contributed by atoms with Crippen LogP contribution in [-0.2, 0) is 10.5 Å². The van der Waals surface area contributed by atoms with E-state index in [1.54, 1.807) is 11.8 Å². The molecule has 1 fully saturated rings. The first-order valence-electron chi connectivity index (χ1n) is 7.21. The van der Waals surface area contributed by atoms with Crippen molar-refractivity contribution in [3.63, 3.8) is 0 Å². The highest BCUT2D eigenvalue weighted by Crippen LogP contribution is 2.20. The quantitative estimate of drug-likeness (QED) is 0.888. The smallest absolute Gasteiger partial charge is 0.233 e. The van der Waals surface area contributed by atoms with Crippen LogP contribution in [0.2, 0.25) is 0 Å². The van der Waals surface area contributed by atoms with Crippen molar-refractivity contribution in [2.45, 2.75) is 56.1 Å². The summed E-state index contributed by atoms with van der Waals surface area (Å²) < 4.78 is 0. The van der Waals surface area contributed by atoms with Crippen molar-refractivity contribution in [3.8, 4) is 0 Å². The van der Waals surface area contributed by atoms with Crippen molar-refractivity contribution in [1.29, 1.82) is 0 Å². The second kappa shape index (κ2) is 7.59.